The van der Waals surface area contributed by atoms with Gasteiger partial charge in [0.1, 0.15) is 11.2 Å². The van der Waals surface area contributed by atoms with Gasteiger partial charge >= 0.3 is 0 Å². The van der Waals surface area contributed by atoms with Gasteiger partial charge in [-0.3, -0.25) is 4.98 Å². The van der Waals surface area contributed by atoms with Crippen LogP contribution in [0.25, 0.3) is 88.9 Å². The van der Waals surface area contributed by atoms with Crippen molar-refractivity contribution in [3.8, 4) is 45.3 Å². The van der Waals surface area contributed by atoms with Crippen molar-refractivity contribution in [2.45, 2.75) is 0 Å². The van der Waals surface area contributed by atoms with Crippen molar-refractivity contribution in [1.82, 2.24) is 19.9 Å². The maximum atomic E-state index is 6.54. The molecule has 0 aliphatic carbocycles. The Morgan fingerprint density at radius 1 is 0.422 bits per heavy atom. The van der Waals surface area contributed by atoms with E-state index < -0.39 is 0 Å². The molecule has 9 rings (SSSR count). The minimum Gasteiger partial charge on any atom is -0.455 e. The van der Waals surface area contributed by atoms with E-state index in [9.17, 15) is 0 Å². The van der Waals surface area contributed by atoms with Crippen molar-refractivity contribution in [1.29, 1.82) is 0 Å². The summed E-state index contributed by atoms with van der Waals surface area (Å²) in [7, 11) is 0. The Hall–Kier alpha value is -6.20. The quantitative estimate of drug-likeness (QED) is 0.195. The highest BCUT2D eigenvalue weighted by atomic mass is 16.3. The summed E-state index contributed by atoms with van der Waals surface area (Å²) < 4.78 is 6.54. The SMILES string of the molecule is c1ccc(-c2nc(-c3ccccc3)nc(-c3cc(-c4ccc5ccc6ncccc6c5c4)cc4c3oc3ccccc34)n2)cc1. The standard InChI is InChI=1S/C40H24N4O/c1-3-10-26(11-4-1)38-42-39(27-12-5-2-6-13-27)44-40(43-38)34-24-29(23-33-31-14-7-8-16-36(31)45-37(33)34)28-18-17-25-19-20-35-30(32(25)22-28)15-9-21-41-35/h1-24H. The highest BCUT2D eigenvalue weighted by Gasteiger charge is 2.20. The fraction of sp³-hybridized carbons (Fsp3) is 0. The van der Waals surface area contributed by atoms with E-state index in [1.165, 1.54) is 5.39 Å². The minimum atomic E-state index is 0.559. The summed E-state index contributed by atoms with van der Waals surface area (Å²) in [6, 6.07) is 47.5. The van der Waals surface area contributed by atoms with Crippen molar-refractivity contribution in [2.24, 2.45) is 0 Å². The number of rotatable bonds is 4. The van der Waals surface area contributed by atoms with Gasteiger partial charge in [-0.1, -0.05) is 103 Å². The molecule has 0 saturated heterocycles. The van der Waals surface area contributed by atoms with E-state index in [1.807, 2.05) is 91.1 Å². The number of para-hydroxylation sites is 1. The Balaban J connectivity index is 1.34. The molecule has 5 nitrogen and oxygen atoms in total. The summed E-state index contributed by atoms with van der Waals surface area (Å²) in [5, 5.41) is 5.53. The number of furan rings is 1. The van der Waals surface area contributed by atoms with E-state index in [0.29, 0.717) is 17.5 Å². The van der Waals surface area contributed by atoms with Gasteiger partial charge in [0.25, 0.3) is 0 Å². The Bertz CT molecular complexity index is 2480. The number of pyridine rings is 1. The lowest BCUT2D eigenvalue weighted by Gasteiger charge is -2.11. The van der Waals surface area contributed by atoms with Crippen LogP contribution in [0.5, 0.6) is 0 Å². The zero-order chi connectivity index (χ0) is 29.7. The molecule has 5 heteroatoms. The van der Waals surface area contributed by atoms with E-state index in [-0.39, 0.29) is 0 Å². The third-order valence-corrected chi connectivity index (χ3v) is 8.35. The molecule has 210 valence electrons. The Morgan fingerprint density at radius 3 is 1.84 bits per heavy atom. The van der Waals surface area contributed by atoms with Crippen LogP contribution in [0.4, 0.5) is 0 Å². The lowest BCUT2D eigenvalue weighted by molar-refractivity contribution is 0.669. The molecule has 3 aromatic heterocycles. The molecule has 0 aliphatic rings. The largest absolute Gasteiger partial charge is 0.455 e. The first-order valence-corrected chi connectivity index (χ1v) is 14.9. The van der Waals surface area contributed by atoms with Gasteiger partial charge in [-0.15, -0.1) is 0 Å². The van der Waals surface area contributed by atoms with Crippen LogP contribution in [-0.4, -0.2) is 19.9 Å². The van der Waals surface area contributed by atoms with Crippen molar-refractivity contribution in [2.75, 3.05) is 0 Å². The molecule has 0 amide bonds. The van der Waals surface area contributed by atoms with Crippen molar-refractivity contribution in [3.63, 3.8) is 0 Å². The maximum absolute atomic E-state index is 6.54. The lowest BCUT2D eigenvalue weighted by atomic mass is 9.95. The summed E-state index contributed by atoms with van der Waals surface area (Å²) in [4.78, 5) is 19.6. The fourth-order valence-electron chi connectivity index (χ4n) is 6.15. The van der Waals surface area contributed by atoms with E-state index >= 15 is 0 Å². The summed E-state index contributed by atoms with van der Waals surface area (Å²) in [5.74, 6) is 1.78. The van der Waals surface area contributed by atoms with Gasteiger partial charge < -0.3 is 4.42 Å². The van der Waals surface area contributed by atoms with Gasteiger partial charge in [0.2, 0.25) is 0 Å². The van der Waals surface area contributed by atoms with Gasteiger partial charge in [0.15, 0.2) is 17.5 Å². The van der Waals surface area contributed by atoms with Crippen LogP contribution < -0.4 is 0 Å². The molecule has 0 aliphatic heterocycles. The van der Waals surface area contributed by atoms with E-state index in [4.69, 9.17) is 19.4 Å². The number of aromatic nitrogens is 4. The van der Waals surface area contributed by atoms with E-state index in [0.717, 1.165) is 66.0 Å². The Morgan fingerprint density at radius 2 is 1.07 bits per heavy atom. The zero-order valence-corrected chi connectivity index (χ0v) is 24.1. The van der Waals surface area contributed by atoms with Gasteiger partial charge in [-0.2, -0.15) is 0 Å². The maximum Gasteiger partial charge on any atom is 0.167 e. The average molecular weight is 577 g/mol. The first kappa shape index (κ1) is 25.3. The summed E-state index contributed by atoms with van der Waals surface area (Å²) in [6.07, 6.45) is 1.84. The molecular weight excluding hydrogens is 552 g/mol. The summed E-state index contributed by atoms with van der Waals surface area (Å²) >= 11 is 0. The molecule has 0 bridgehead atoms. The highest BCUT2D eigenvalue weighted by Crippen LogP contribution is 2.40. The highest BCUT2D eigenvalue weighted by molar-refractivity contribution is 6.12. The third-order valence-electron chi connectivity index (χ3n) is 8.35. The molecule has 6 aromatic carbocycles. The molecule has 0 radical (unpaired) electrons. The minimum absolute atomic E-state index is 0.559. The average Bonchev–Trinajstić information content (AvgIpc) is 3.50. The predicted molar refractivity (Wildman–Crippen MR) is 182 cm³/mol. The molecule has 0 saturated carbocycles. The van der Waals surface area contributed by atoms with Crippen LogP contribution in [0.2, 0.25) is 0 Å². The normalized spacial score (nSPS) is 11.6. The van der Waals surface area contributed by atoms with Crippen molar-refractivity contribution in [3.05, 3.63) is 146 Å². The van der Waals surface area contributed by atoms with Gasteiger partial charge in [0.05, 0.1) is 11.1 Å². The molecule has 0 fully saturated rings. The first-order valence-electron chi connectivity index (χ1n) is 14.9. The molecule has 0 atom stereocenters. The second-order valence-corrected chi connectivity index (χ2v) is 11.1. The van der Waals surface area contributed by atoms with Crippen LogP contribution in [0, 0.1) is 0 Å². The second-order valence-electron chi connectivity index (χ2n) is 11.1. The van der Waals surface area contributed by atoms with Crippen LogP contribution in [0.15, 0.2) is 150 Å². The Kier molecular flexibility index (Phi) is 5.74. The number of hydrogen-bond donors (Lipinski definition) is 0. The molecular formula is C40H24N4O. The molecule has 45 heavy (non-hydrogen) atoms. The topological polar surface area (TPSA) is 64.7 Å². The predicted octanol–water partition coefficient (Wildman–Crippen LogP) is 10.1. The zero-order valence-electron chi connectivity index (χ0n) is 24.1. The number of nitrogens with zero attached hydrogens (tertiary/aromatic N) is 4. The van der Waals surface area contributed by atoms with Crippen LogP contribution in [0.3, 0.4) is 0 Å². The fourth-order valence-corrected chi connectivity index (χ4v) is 6.15. The summed E-state index contributed by atoms with van der Waals surface area (Å²) in [5.41, 5.74) is 7.35. The monoisotopic (exact) mass is 576 g/mol. The molecule has 0 spiro atoms. The van der Waals surface area contributed by atoms with Gasteiger partial charge in [-0.05, 0) is 58.3 Å². The van der Waals surface area contributed by atoms with Crippen LogP contribution >= 0.6 is 0 Å². The molecule has 0 unspecified atom stereocenters. The lowest BCUT2D eigenvalue weighted by Crippen LogP contribution is -2.00. The van der Waals surface area contributed by atoms with E-state index in [2.05, 4.69) is 59.6 Å². The Labute approximate surface area is 258 Å². The first-order chi connectivity index (χ1) is 22.3. The van der Waals surface area contributed by atoms with Crippen LogP contribution in [0.1, 0.15) is 0 Å². The number of hydrogen-bond acceptors (Lipinski definition) is 5. The molecule has 3 heterocycles. The van der Waals surface area contributed by atoms with Gasteiger partial charge in [0, 0.05) is 33.5 Å². The smallest absolute Gasteiger partial charge is 0.167 e. The summed E-state index contributed by atoms with van der Waals surface area (Å²) in [6.45, 7) is 0. The van der Waals surface area contributed by atoms with Crippen LogP contribution in [-0.2, 0) is 0 Å². The number of fused-ring (bicyclic) bond motifs is 6. The van der Waals surface area contributed by atoms with Gasteiger partial charge in [-0.25, -0.2) is 15.0 Å². The van der Waals surface area contributed by atoms with Crippen molar-refractivity contribution < 1.29 is 4.42 Å². The van der Waals surface area contributed by atoms with E-state index in [1.54, 1.807) is 0 Å². The molecule has 0 N–H and O–H groups in total. The number of benzene rings is 6. The third kappa shape index (κ3) is 4.33. The second kappa shape index (κ2) is 10.2. The molecule has 9 aromatic rings. The van der Waals surface area contributed by atoms with Crippen molar-refractivity contribution >= 4 is 43.6 Å².